The van der Waals surface area contributed by atoms with Crippen LogP contribution in [0.3, 0.4) is 0 Å². The third-order valence-electron chi connectivity index (χ3n) is 7.17. The lowest BCUT2D eigenvalue weighted by atomic mass is 10.0. The van der Waals surface area contributed by atoms with E-state index in [1.54, 1.807) is 35.0 Å². The summed E-state index contributed by atoms with van der Waals surface area (Å²) in [5.41, 5.74) is 1.24. The predicted octanol–water partition coefficient (Wildman–Crippen LogP) is 1.55. The SMILES string of the molecule is CC(C)NC(=O)N(C)C[C@H]1Oc2ccc(NC(=O)CCN3CCOCC3)cc2CC(=O)N([C@H](C)CO)C[C@@H]1C. The molecule has 2 heterocycles. The number of hydrogen-bond acceptors (Lipinski definition) is 7. The quantitative estimate of drug-likeness (QED) is 0.429. The molecule has 3 atom stereocenters. The number of fused-ring (bicyclic) bond motifs is 1. The van der Waals surface area contributed by atoms with Crippen LogP contribution in [0.4, 0.5) is 10.5 Å². The highest BCUT2D eigenvalue weighted by molar-refractivity contribution is 5.91. The van der Waals surface area contributed by atoms with Crippen molar-refractivity contribution in [3.05, 3.63) is 23.8 Å². The van der Waals surface area contributed by atoms with Gasteiger partial charge in [-0.25, -0.2) is 4.79 Å². The highest BCUT2D eigenvalue weighted by atomic mass is 16.5. The molecule has 0 unspecified atom stereocenters. The normalized spacial score (nSPS) is 21.2. The van der Waals surface area contributed by atoms with E-state index >= 15 is 0 Å². The zero-order valence-electron chi connectivity index (χ0n) is 23.9. The summed E-state index contributed by atoms with van der Waals surface area (Å²) in [5, 5.41) is 15.7. The van der Waals surface area contributed by atoms with Crippen molar-refractivity contribution in [1.29, 1.82) is 0 Å². The number of amides is 4. The number of carbonyl (C=O) groups excluding carboxylic acids is 3. The summed E-state index contributed by atoms with van der Waals surface area (Å²) in [4.78, 5) is 44.1. The summed E-state index contributed by atoms with van der Waals surface area (Å²) in [6, 6.07) is 4.77. The second-order valence-corrected chi connectivity index (χ2v) is 10.9. The van der Waals surface area contributed by atoms with Crippen molar-refractivity contribution in [2.75, 3.05) is 64.9 Å². The number of urea groups is 1. The first-order chi connectivity index (χ1) is 18.6. The smallest absolute Gasteiger partial charge is 0.317 e. The summed E-state index contributed by atoms with van der Waals surface area (Å²) >= 11 is 0. The molecule has 2 aliphatic rings. The summed E-state index contributed by atoms with van der Waals surface area (Å²) in [7, 11) is 1.72. The van der Waals surface area contributed by atoms with Crippen LogP contribution in [-0.2, 0) is 20.7 Å². The number of likely N-dealkylation sites (N-methyl/N-ethyl adjacent to an activating group) is 1. The first-order valence-electron chi connectivity index (χ1n) is 13.9. The molecule has 0 spiro atoms. The Hall–Kier alpha value is -2.89. The van der Waals surface area contributed by atoms with Gasteiger partial charge in [-0.15, -0.1) is 0 Å². The van der Waals surface area contributed by atoms with Crippen LogP contribution < -0.4 is 15.4 Å². The molecule has 11 nitrogen and oxygen atoms in total. The lowest BCUT2D eigenvalue weighted by molar-refractivity contribution is -0.134. The van der Waals surface area contributed by atoms with Crippen LogP contribution in [0, 0.1) is 5.92 Å². The van der Waals surface area contributed by atoms with E-state index in [-0.39, 0.29) is 48.9 Å². The molecule has 0 saturated carbocycles. The van der Waals surface area contributed by atoms with Gasteiger partial charge in [0.2, 0.25) is 11.8 Å². The Kier molecular flexibility index (Phi) is 11.4. The molecule has 0 radical (unpaired) electrons. The largest absolute Gasteiger partial charge is 0.488 e. The molecule has 4 amide bonds. The van der Waals surface area contributed by atoms with Gasteiger partial charge in [-0.05, 0) is 39.0 Å². The Morgan fingerprint density at radius 3 is 2.59 bits per heavy atom. The van der Waals surface area contributed by atoms with Gasteiger partial charge < -0.3 is 35.0 Å². The van der Waals surface area contributed by atoms with E-state index in [0.29, 0.717) is 56.3 Å². The average molecular weight is 548 g/mol. The number of hydrogen-bond donors (Lipinski definition) is 3. The minimum Gasteiger partial charge on any atom is -0.488 e. The fraction of sp³-hybridized carbons (Fsp3) is 0.679. The number of ether oxygens (including phenoxy) is 2. The molecule has 1 aromatic rings. The predicted molar refractivity (Wildman–Crippen MR) is 149 cm³/mol. The van der Waals surface area contributed by atoms with Gasteiger partial charge in [0.25, 0.3) is 0 Å². The van der Waals surface area contributed by atoms with E-state index in [1.165, 1.54) is 0 Å². The van der Waals surface area contributed by atoms with E-state index in [0.717, 1.165) is 13.1 Å². The first-order valence-corrected chi connectivity index (χ1v) is 13.9. The van der Waals surface area contributed by atoms with Crippen LogP contribution >= 0.6 is 0 Å². The summed E-state index contributed by atoms with van der Waals surface area (Å²) in [6.07, 6.45) is 0.0267. The highest BCUT2D eigenvalue weighted by Gasteiger charge is 2.32. The molecule has 0 bridgehead atoms. The number of nitrogens with one attached hydrogen (secondary N) is 2. The van der Waals surface area contributed by atoms with Crippen LogP contribution in [0.25, 0.3) is 0 Å². The van der Waals surface area contributed by atoms with Crippen LogP contribution in [0.2, 0.25) is 0 Å². The van der Waals surface area contributed by atoms with Crippen molar-refractivity contribution < 1.29 is 29.0 Å². The van der Waals surface area contributed by atoms with Gasteiger partial charge in [0, 0.05) is 62.9 Å². The van der Waals surface area contributed by atoms with Crippen molar-refractivity contribution in [3.8, 4) is 5.75 Å². The van der Waals surface area contributed by atoms with Gasteiger partial charge in [-0.1, -0.05) is 6.92 Å². The second kappa shape index (κ2) is 14.5. The number of rotatable bonds is 9. The minimum absolute atomic E-state index is 0.000527. The molecule has 1 saturated heterocycles. The number of aliphatic hydroxyl groups excluding tert-OH is 1. The molecular weight excluding hydrogens is 502 g/mol. The summed E-state index contributed by atoms with van der Waals surface area (Å²) in [6.45, 7) is 11.8. The number of benzene rings is 1. The number of carbonyl (C=O) groups is 3. The van der Waals surface area contributed by atoms with Crippen molar-refractivity contribution in [1.82, 2.24) is 20.0 Å². The van der Waals surface area contributed by atoms with Gasteiger partial charge in [0.1, 0.15) is 11.9 Å². The Labute approximate surface area is 231 Å². The fourth-order valence-electron chi connectivity index (χ4n) is 4.74. The Morgan fingerprint density at radius 1 is 1.21 bits per heavy atom. The highest BCUT2D eigenvalue weighted by Crippen LogP contribution is 2.29. The van der Waals surface area contributed by atoms with E-state index in [4.69, 9.17) is 9.47 Å². The monoisotopic (exact) mass is 547 g/mol. The molecule has 3 rings (SSSR count). The van der Waals surface area contributed by atoms with Crippen molar-refractivity contribution in [3.63, 3.8) is 0 Å². The number of morpholine rings is 1. The molecule has 218 valence electrons. The van der Waals surface area contributed by atoms with Gasteiger partial charge in [0.05, 0.1) is 38.8 Å². The van der Waals surface area contributed by atoms with Gasteiger partial charge >= 0.3 is 6.03 Å². The third-order valence-corrected chi connectivity index (χ3v) is 7.17. The molecule has 3 N–H and O–H groups in total. The van der Waals surface area contributed by atoms with E-state index in [1.807, 2.05) is 27.7 Å². The Morgan fingerprint density at radius 2 is 1.92 bits per heavy atom. The molecule has 1 fully saturated rings. The van der Waals surface area contributed by atoms with Crippen molar-refractivity contribution in [2.24, 2.45) is 5.92 Å². The average Bonchev–Trinajstić information content (AvgIpc) is 2.94. The zero-order chi connectivity index (χ0) is 28.5. The maximum absolute atomic E-state index is 13.4. The number of nitrogens with zero attached hydrogens (tertiary/aromatic N) is 3. The van der Waals surface area contributed by atoms with Gasteiger partial charge in [-0.2, -0.15) is 0 Å². The minimum atomic E-state index is -0.403. The second-order valence-electron chi connectivity index (χ2n) is 10.9. The maximum Gasteiger partial charge on any atom is 0.317 e. The molecule has 11 heteroatoms. The molecule has 1 aromatic carbocycles. The maximum atomic E-state index is 13.4. The van der Waals surface area contributed by atoms with E-state index in [2.05, 4.69) is 15.5 Å². The van der Waals surface area contributed by atoms with Gasteiger partial charge in [-0.3, -0.25) is 14.5 Å². The standard InChI is InChI=1S/C28H45N5O6/c1-19(2)29-28(37)31(5)17-25-20(3)16-33(21(4)18-34)27(36)15-22-14-23(6-7-24(22)39-25)30-26(35)8-9-32-10-12-38-13-11-32/h6-7,14,19-21,25,34H,8-13,15-18H2,1-5H3,(H,29,37)(H,30,35)/t20-,21+,25+/m0/s1. The number of anilines is 1. The van der Waals surface area contributed by atoms with E-state index in [9.17, 15) is 19.5 Å². The lowest BCUT2D eigenvalue weighted by Gasteiger charge is -2.34. The van der Waals surface area contributed by atoms with E-state index < -0.39 is 6.10 Å². The molecule has 0 aromatic heterocycles. The van der Waals surface area contributed by atoms with Crippen LogP contribution in [0.5, 0.6) is 5.75 Å². The number of aliphatic hydroxyl groups is 1. The van der Waals surface area contributed by atoms with Crippen molar-refractivity contribution in [2.45, 2.75) is 58.7 Å². The Bertz CT molecular complexity index is 983. The summed E-state index contributed by atoms with van der Waals surface area (Å²) in [5.74, 6) is 0.192. The fourth-order valence-corrected chi connectivity index (χ4v) is 4.74. The molecule has 39 heavy (non-hydrogen) atoms. The first kappa shape index (κ1) is 30.6. The molecular formula is C28H45N5O6. The Balaban J connectivity index is 1.79. The van der Waals surface area contributed by atoms with Gasteiger partial charge in [0.15, 0.2) is 0 Å². The topological polar surface area (TPSA) is 124 Å². The van der Waals surface area contributed by atoms with Crippen LogP contribution in [0.1, 0.15) is 39.7 Å². The van der Waals surface area contributed by atoms with Crippen LogP contribution in [0.15, 0.2) is 18.2 Å². The molecule has 0 aliphatic carbocycles. The zero-order valence-corrected chi connectivity index (χ0v) is 23.9. The van der Waals surface area contributed by atoms with Crippen LogP contribution in [-0.4, -0.2) is 115 Å². The summed E-state index contributed by atoms with van der Waals surface area (Å²) < 4.78 is 11.8. The lowest BCUT2D eigenvalue weighted by Crippen LogP contribution is -2.49. The molecule has 2 aliphatic heterocycles. The third kappa shape index (κ3) is 9.08. The van der Waals surface area contributed by atoms with Crippen molar-refractivity contribution >= 4 is 23.5 Å².